The molecule has 2 heterocycles. The van der Waals surface area contributed by atoms with E-state index in [0.717, 1.165) is 35.2 Å². The van der Waals surface area contributed by atoms with Crippen LogP contribution in [0, 0.1) is 23.7 Å². The first-order valence-corrected chi connectivity index (χ1v) is 8.08. The van der Waals surface area contributed by atoms with Crippen LogP contribution in [0.3, 0.4) is 0 Å². The van der Waals surface area contributed by atoms with Gasteiger partial charge in [-0.1, -0.05) is 5.92 Å². The standard InChI is InChI=1S/C19H17N3O2/c1-2-13-7-14-3-4-15-10-22(11-17-12-23-5-6-24-17)21-19(15)18(14)16(8-13)9-20/h1,7-8,10,17H,3-6,11-12H2/t17-/m0/s1. The zero-order valence-electron chi connectivity index (χ0n) is 13.3. The largest absolute Gasteiger partial charge is 0.376 e. The van der Waals surface area contributed by atoms with E-state index in [-0.39, 0.29) is 6.10 Å². The molecule has 1 fully saturated rings. The summed E-state index contributed by atoms with van der Waals surface area (Å²) in [5, 5.41) is 14.2. The highest BCUT2D eigenvalue weighted by Crippen LogP contribution is 2.35. The number of nitriles is 1. The van der Waals surface area contributed by atoms with Crippen molar-refractivity contribution in [3.05, 3.63) is 40.6 Å². The molecular weight excluding hydrogens is 302 g/mol. The van der Waals surface area contributed by atoms with Gasteiger partial charge in [0.05, 0.1) is 43.7 Å². The van der Waals surface area contributed by atoms with Gasteiger partial charge in [-0.15, -0.1) is 6.42 Å². The first kappa shape index (κ1) is 15.0. The van der Waals surface area contributed by atoms with Crippen molar-refractivity contribution in [1.82, 2.24) is 9.78 Å². The van der Waals surface area contributed by atoms with E-state index >= 15 is 0 Å². The van der Waals surface area contributed by atoms with Crippen LogP contribution in [-0.4, -0.2) is 35.7 Å². The number of rotatable bonds is 2. The molecule has 0 unspecified atom stereocenters. The molecule has 1 aromatic heterocycles. The van der Waals surface area contributed by atoms with E-state index in [0.29, 0.717) is 31.9 Å². The van der Waals surface area contributed by atoms with Crippen molar-refractivity contribution < 1.29 is 9.47 Å². The molecule has 0 spiro atoms. The summed E-state index contributed by atoms with van der Waals surface area (Å²) >= 11 is 0. The Kier molecular flexibility index (Phi) is 3.82. The fourth-order valence-corrected chi connectivity index (χ4v) is 3.42. The first-order chi connectivity index (χ1) is 11.8. The van der Waals surface area contributed by atoms with Crippen LogP contribution in [0.5, 0.6) is 0 Å². The summed E-state index contributed by atoms with van der Waals surface area (Å²) in [6, 6.07) is 6.04. The predicted molar refractivity (Wildman–Crippen MR) is 88.3 cm³/mol. The second-order valence-corrected chi connectivity index (χ2v) is 6.11. The Morgan fingerprint density at radius 3 is 2.92 bits per heavy atom. The van der Waals surface area contributed by atoms with Gasteiger partial charge in [0.15, 0.2) is 0 Å². The Morgan fingerprint density at radius 2 is 2.17 bits per heavy atom. The summed E-state index contributed by atoms with van der Waals surface area (Å²) in [5.74, 6) is 2.63. The van der Waals surface area contributed by atoms with Gasteiger partial charge < -0.3 is 9.47 Å². The predicted octanol–water partition coefficient (Wildman–Crippen LogP) is 1.92. The summed E-state index contributed by atoms with van der Waals surface area (Å²) in [6.45, 7) is 2.53. The molecular formula is C19H17N3O2. The van der Waals surface area contributed by atoms with Crippen molar-refractivity contribution in [3.8, 4) is 29.7 Å². The van der Waals surface area contributed by atoms with E-state index in [4.69, 9.17) is 21.0 Å². The van der Waals surface area contributed by atoms with E-state index in [1.165, 1.54) is 5.56 Å². The molecule has 0 bridgehead atoms. The number of terminal acetylenes is 1. The Bertz CT molecular complexity index is 864. The molecule has 120 valence electrons. The molecule has 1 aliphatic heterocycles. The molecule has 5 heteroatoms. The lowest BCUT2D eigenvalue weighted by Crippen LogP contribution is -2.32. The molecule has 4 rings (SSSR count). The Balaban J connectivity index is 1.71. The van der Waals surface area contributed by atoms with E-state index in [1.54, 1.807) is 6.07 Å². The van der Waals surface area contributed by atoms with Crippen molar-refractivity contribution in [2.75, 3.05) is 19.8 Å². The quantitative estimate of drug-likeness (QED) is 0.794. The van der Waals surface area contributed by atoms with Gasteiger partial charge in [-0.25, -0.2) is 0 Å². The molecule has 5 nitrogen and oxygen atoms in total. The van der Waals surface area contributed by atoms with Crippen molar-refractivity contribution >= 4 is 0 Å². The van der Waals surface area contributed by atoms with Crippen LogP contribution in [0.2, 0.25) is 0 Å². The van der Waals surface area contributed by atoms with Gasteiger partial charge in [-0.05, 0) is 36.1 Å². The van der Waals surface area contributed by atoms with Gasteiger partial charge in [-0.3, -0.25) is 4.68 Å². The fraction of sp³-hybridized carbons (Fsp3) is 0.368. The molecule has 2 aromatic rings. The molecule has 1 aliphatic carbocycles. The number of benzene rings is 1. The lowest BCUT2D eigenvalue weighted by atomic mass is 9.86. The van der Waals surface area contributed by atoms with E-state index < -0.39 is 0 Å². The number of aromatic nitrogens is 2. The molecule has 24 heavy (non-hydrogen) atoms. The molecule has 0 radical (unpaired) electrons. The average molecular weight is 319 g/mol. The monoisotopic (exact) mass is 319 g/mol. The van der Waals surface area contributed by atoms with Gasteiger partial charge in [-0.2, -0.15) is 10.4 Å². The third kappa shape index (κ3) is 2.59. The zero-order chi connectivity index (χ0) is 16.5. The molecule has 1 aromatic carbocycles. The minimum Gasteiger partial charge on any atom is -0.376 e. The van der Waals surface area contributed by atoms with Gasteiger partial charge in [0.25, 0.3) is 0 Å². The Hall–Kier alpha value is -2.60. The number of hydrogen-bond acceptors (Lipinski definition) is 4. The van der Waals surface area contributed by atoms with Crippen LogP contribution in [-0.2, 0) is 28.9 Å². The van der Waals surface area contributed by atoms with Crippen LogP contribution < -0.4 is 0 Å². The summed E-state index contributed by atoms with van der Waals surface area (Å²) in [7, 11) is 0. The number of aryl methyl sites for hydroxylation is 2. The highest BCUT2D eigenvalue weighted by atomic mass is 16.6. The third-order valence-electron chi connectivity index (χ3n) is 4.52. The van der Waals surface area contributed by atoms with Crippen LogP contribution in [0.15, 0.2) is 18.3 Å². The molecule has 1 atom stereocenters. The van der Waals surface area contributed by atoms with Crippen molar-refractivity contribution in [2.24, 2.45) is 0 Å². The van der Waals surface area contributed by atoms with Crippen LogP contribution in [0.4, 0.5) is 0 Å². The summed E-state index contributed by atoms with van der Waals surface area (Å²) in [4.78, 5) is 0. The lowest BCUT2D eigenvalue weighted by Gasteiger charge is -2.22. The van der Waals surface area contributed by atoms with E-state index in [9.17, 15) is 5.26 Å². The minimum absolute atomic E-state index is 0.0267. The number of nitrogens with zero attached hydrogens (tertiary/aromatic N) is 3. The van der Waals surface area contributed by atoms with Crippen molar-refractivity contribution in [3.63, 3.8) is 0 Å². The van der Waals surface area contributed by atoms with Gasteiger partial charge in [0.1, 0.15) is 6.10 Å². The molecule has 0 saturated carbocycles. The summed E-state index contributed by atoms with van der Waals surface area (Å²) in [6.07, 6.45) is 9.38. The SMILES string of the molecule is C#Cc1cc(C#N)c2c(c1)CCc1cn(C[C@H]3COCCO3)nc1-2. The summed E-state index contributed by atoms with van der Waals surface area (Å²) < 4.78 is 13.1. The maximum Gasteiger partial charge on any atom is 0.100 e. The molecule has 1 saturated heterocycles. The average Bonchev–Trinajstić information content (AvgIpc) is 3.03. The summed E-state index contributed by atoms with van der Waals surface area (Å²) in [5.41, 5.74) is 5.46. The maximum absolute atomic E-state index is 9.52. The van der Waals surface area contributed by atoms with Crippen molar-refractivity contribution in [1.29, 1.82) is 5.26 Å². The molecule has 0 amide bonds. The van der Waals surface area contributed by atoms with E-state index in [2.05, 4.69) is 18.2 Å². The van der Waals surface area contributed by atoms with Gasteiger partial charge in [0, 0.05) is 17.3 Å². The second kappa shape index (κ2) is 6.13. The third-order valence-corrected chi connectivity index (χ3v) is 4.52. The minimum atomic E-state index is 0.0267. The number of hydrogen-bond donors (Lipinski definition) is 0. The fourth-order valence-electron chi connectivity index (χ4n) is 3.42. The van der Waals surface area contributed by atoms with Crippen molar-refractivity contribution in [2.45, 2.75) is 25.5 Å². The topological polar surface area (TPSA) is 60.1 Å². The number of ether oxygens (including phenoxy) is 2. The lowest BCUT2D eigenvalue weighted by molar-refractivity contribution is -0.0946. The highest BCUT2D eigenvalue weighted by Gasteiger charge is 2.24. The first-order valence-electron chi connectivity index (χ1n) is 8.08. The van der Waals surface area contributed by atoms with Gasteiger partial charge in [0.2, 0.25) is 0 Å². The van der Waals surface area contributed by atoms with Crippen LogP contribution >= 0.6 is 0 Å². The smallest absolute Gasteiger partial charge is 0.100 e. The zero-order valence-corrected chi connectivity index (χ0v) is 13.3. The van der Waals surface area contributed by atoms with Crippen LogP contribution in [0.1, 0.15) is 22.3 Å². The molecule has 2 aliphatic rings. The highest BCUT2D eigenvalue weighted by molar-refractivity contribution is 5.76. The van der Waals surface area contributed by atoms with E-state index in [1.807, 2.05) is 10.7 Å². The Morgan fingerprint density at radius 1 is 1.29 bits per heavy atom. The second-order valence-electron chi connectivity index (χ2n) is 6.11. The number of fused-ring (bicyclic) bond motifs is 3. The molecule has 0 N–H and O–H groups in total. The van der Waals surface area contributed by atoms with Crippen LogP contribution in [0.25, 0.3) is 11.3 Å². The Labute approximate surface area is 140 Å². The maximum atomic E-state index is 9.52. The van der Waals surface area contributed by atoms with Gasteiger partial charge >= 0.3 is 0 Å². The normalized spacial score (nSPS) is 19.0.